The van der Waals surface area contributed by atoms with Gasteiger partial charge in [0.05, 0.1) is 11.8 Å². The molecule has 0 aliphatic carbocycles. The quantitative estimate of drug-likeness (QED) is 0.761. The number of carbonyl (C=O) groups excluding carboxylic acids is 1. The topological polar surface area (TPSA) is 38.3 Å². The number of rotatable bonds is 6. The number of para-hydroxylation sites is 2. The molecule has 2 aromatic rings. The van der Waals surface area contributed by atoms with Crippen molar-refractivity contribution in [2.24, 2.45) is 0 Å². The number of amides is 1. The Labute approximate surface area is 146 Å². The van der Waals surface area contributed by atoms with Crippen LogP contribution in [0.3, 0.4) is 0 Å². The largest absolute Gasteiger partial charge is 0.489 e. The maximum atomic E-state index is 12.2. The van der Waals surface area contributed by atoms with Crippen molar-refractivity contribution >= 4 is 34.8 Å². The standard InChI is InChI=1S/C18H19Cl2NO2/c1-12(2)23-17-9-4-3-8-16(17)21-18(22)11-10-13-14(19)6-5-7-15(13)20/h3-9,12H,10-11H2,1-2H3,(H,21,22). The lowest BCUT2D eigenvalue weighted by molar-refractivity contribution is -0.116. The second-order valence-electron chi connectivity index (χ2n) is 5.41. The highest BCUT2D eigenvalue weighted by Gasteiger charge is 2.11. The van der Waals surface area contributed by atoms with Gasteiger partial charge in [0.2, 0.25) is 5.91 Å². The van der Waals surface area contributed by atoms with Crippen molar-refractivity contribution in [2.45, 2.75) is 32.8 Å². The smallest absolute Gasteiger partial charge is 0.224 e. The van der Waals surface area contributed by atoms with Crippen LogP contribution in [0.5, 0.6) is 5.75 Å². The molecule has 0 spiro atoms. The number of hydrogen-bond donors (Lipinski definition) is 1. The maximum Gasteiger partial charge on any atom is 0.224 e. The molecule has 2 rings (SSSR count). The molecule has 0 heterocycles. The minimum absolute atomic E-state index is 0.0370. The van der Waals surface area contributed by atoms with E-state index >= 15 is 0 Å². The van der Waals surface area contributed by atoms with Gasteiger partial charge in [-0.2, -0.15) is 0 Å². The lowest BCUT2D eigenvalue weighted by Crippen LogP contribution is -2.15. The summed E-state index contributed by atoms with van der Waals surface area (Å²) in [5.41, 5.74) is 1.45. The first kappa shape index (κ1) is 17.6. The van der Waals surface area contributed by atoms with Crippen molar-refractivity contribution in [2.75, 3.05) is 5.32 Å². The normalized spacial score (nSPS) is 10.7. The molecule has 1 amide bonds. The van der Waals surface area contributed by atoms with Crippen LogP contribution in [-0.4, -0.2) is 12.0 Å². The summed E-state index contributed by atoms with van der Waals surface area (Å²) in [5, 5.41) is 4.03. The molecular formula is C18H19Cl2NO2. The molecule has 0 aromatic heterocycles. The molecule has 122 valence electrons. The highest BCUT2D eigenvalue weighted by Crippen LogP contribution is 2.27. The summed E-state index contributed by atoms with van der Waals surface area (Å²) in [6, 6.07) is 12.7. The highest BCUT2D eigenvalue weighted by molar-refractivity contribution is 6.36. The van der Waals surface area contributed by atoms with E-state index < -0.39 is 0 Å². The molecule has 0 unspecified atom stereocenters. The van der Waals surface area contributed by atoms with Crippen LogP contribution in [0, 0.1) is 0 Å². The SMILES string of the molecule is CC(C)Oc1ccccc1NC(=O)CCc1c(Cl)cccc1Cl. The molecular weight excluding hydrogens is 333 g/mol. The molecule has 0 atom stereocenters. The van der Waals surface area contributed by atoms with E-state index in [2.05, 4.69) is 5.32 Å². The average Bonchev–Trinajstić information content (AvgIpc) is 2.48. The summed E-state index contributed by atoms with van der Waals surface area (Å²) < 4.78 is 5.69. The van der Waals surface area contributed by atoms with Gasteiger partial charge in [-0.3, -0.25) is 4.79 Å². The summed E-state index contributed by atoms with van der Waals surface area (Å²) in [5.74, 6) is 0.549. The first-order valence-corrected chi connectivity index (χ1v) is 8.21. The first-order chi connectivity index (χ1) is 11.0. The highest BCUT2D eigenvalue weighted by atomic mass is 35.5. The van der Waals surface area contributed by atoms with Gasteiger partial charge in [0, 0.05) is 16.5 Å². The lowest BCUT2D eigenvalue weighted by atomic mass is 10.1. The predicted molar refractivity (Wildman–Crippen MR) is 95.6 cm³/mol. The van der Waals surface area contributed by atoms with E-state index in [1.807, 2.05) is 38.1 Å². The molecule has 2 aromatic carbocycles. The summed E-state index contributed by atoms with van der Waals surface area (Å²) in [6.45, 7) is 3.88. The zero-order valence-corrected chi connectivity index (χ0v) is 14.6. The minimum atomic E-state index is -0.110. The minimum Gasteiger partial charge on any atom is -0.489 e. The molecule has 23 heavy (non-hydrogen) atoms. The van der Waals surface area contributed by atoms with Crippen molar-refractivity contribution in [1.29, 1.82) is 0 Å². The van der Waals surface area contributed by atoms with E-state index in [0.717, 1.165) is 5.56 Å². The van der Waals surface area contributed by atoms with E-state index in [1.165, 1.54) is 0 Å². The van der Waals surface area contributed by atoms with E-state index in [9.17, 15) is 4.79 Å². The summed E-state index contributed by atoms with van der Waals surface area (Å²) >= 11 is 12.2. The van der Waals surface area contributed by atoms with E-state index in [1.54, 1.807) is 18.2 Å². The van der Waals surface area contributed by atoms with Crippen LogP contribution < -0.4 is 10.1 Å². The fraction of sp³-hybridized carbons (Fsp3) is 0.278. The number of halogens is 2. The number of hydrogen-bond acceptors (Lipinski definition) is 2. The van der Waals surface area contributed by atoms with Crippen LogP contribution in [0.1, 0.15) is 25.8 Å². The Bertz CT molecular complexity index is 666. The van der Waals surface area contributed by atoms with Crippen LogP contribution in [0.4, 0.5) is 5.69 Å². The number of nitrogens with one attached hydrogen (secondary N) is 1. The van der Waals surface area contributed by atoms with E-state index in [0.29, 0.717) is 34.3 Å². The van der Waals surface area contributed by atoms with Crippen LogP contribution in [0.15, 0.2) is 42.5 Å². The van der Waals surface area contributed by atoms with Gasteiger partial charge in [-0.1, -0.05) is 41.4 Å². The maximum absolute atomic E-state index is 12.2. The summed E-state index contributed by atoms with van der Waals surface area (Å²) in [4.78, 5) is 12.2. The van der Waals surface area contributed by atoms with Crippen molar-refractivity contribution < 1.29 is 9.53 Å². The Hall–Kier alpha value is -1.71. The molecule has 0 fully saturated rings. The van der Waals surface area contributed by atoms with Crippen LogP contribution in [0.2, 0.25) is 10.0 Å². The summed E-state index contributed by atoms with van der Waals surface area (Å²) in [6.07, 6.45) is 0.812. The predicted octanol–water partition coefficient (Wildman–Crippen LogP) is 5.35. The number of benzene rings is 2. The zero-order valence-electron chi connectivity index (χ0n) is 13.1. The average molecular weight is 352 g/mol. The van der Waals surface area contributed by atoms with E-state index in [4.69, 9.17) is 27.9 Å². The number of anilines is 1. The molecule has 5 heteroatoms. The molecule has 1 N–H and O–H groups in total. The van der Waals surface area contributed by atoms with Gasteiger partial charge >= 0.3 is 0 Å². The Kier molecular flexibility index (Phi) is 6.31. The Morgan fingerprint density at radius 3 is 2.39 bits per heavy atom. The van der Waals surface area contributed by atoms with Crippen molar-refractivity contribution in [3.05, 3.63) is 58.1 Å². The fourth-order valence-corrected chi connectivity index (χ4v) is 2.74. The van der Waals surface area contributed by atoms with Gasteiger partial charge in [-0.05, 0) is 50.1 Å². The van der Waals surface area contributed by atoms with Gasteiger partial charge in [0.15, 0.2) is 0 Å². The molecule has 0 bridgehead atoms. The number of ether oxygens (including phenoxy) is 1. The van der Waals surface area contributed by atoms with E-state index in [-0.39, 0.29) is 12.0 Å². The Morgan fingerprint density at radius 2 is 1.74 bits per heavy atom. The van der Waals surface area contributed by atoms with Gasteiger partial charge in [-0.25, -0.2) is 0 Å². The van der Waals surface area contributed by atoms with Crippen molar-refractivity contribution in [3.63, 3.8) is 0 Å². The Morgan fingerprint density at radius 1 is 1.09 bits per heavy atom. The van der Waals surface area contributed by atoms with Crippen LogP contribution in [-0.2, 0) is 11.2 Å². The Balaban J connectivity index is 2.00. The molecule has 0 aliphatic heterocycles. The number of carbonyl (C=O) groups is 1. The second kappa shape index (κ2) is 8.23. The third-order valence-electron chi connectivity index (χ3n) is 3.19. The second-order valence-corrected chi connectivity index (χ2v) is 6.23. The molecule has 0 radical (unpaired) electrons. The van der Waals surface area contributed by atoms with Crippen molar-refractivity contribution in [3.8, 4) is 5.75 Å². The van der Waals surface area contributed by atoms with Gasteiger partial charge in [0.25, 0.3) is 0 Å². The first-order valence-electron chi connectivity index (χ1n) is 7.46. The van der Waals surface area contributed by atoms with Gasteiger partial charge in [0.1, 0.15) is 5.75 Å². The monoisotopic (exact) mass is 351 g/mol. The zero-order chi connectivity index (χ0) is 16.8. The molecule has 0 saturated heterocycles. The third-order valence-corrected chi connectivity index (χ3v) is 3.90. The molecule has 0 saturated carbocycles. The van der Waals surface area contributed by atoms with Crippen LogP contribution in [0.25, 0.3) is 0 Å². The molecule has 3 nitrogen and oxygen atoms in total. The lowest BCUT2D eigenvalue weighted by Gasteiger charge is -2.15. The van der Waals surface area contributed by atoms with Crippen molar-refractivity contribution in [1.82, 2.24) is 0 Å². The van der Waals surface area contributed by atoms with Gasteiger partial charge in [-0.15, -0.1) is 0 Å². The fourth-order valence-electron chi connectivity index (χ4n) is 2.15. The third kappa shape index (κ3) is 5.15. The van der Waals surface area contributed by atoms with Crippen LogP contribution >= 0.6 is 23.2 Å². The van der Waals surface area contributed by atoms with Gasteiger partial charge < -0.3 is 10.1 Å². The summed E-state index contributed by atoms with van der Waals surface area (Å²) in [7, 11) is 0. The molecule has 0 aliphatic rings.